The van der Waals surface area contributed by atoms with Crippen LogP contribution in [0.1, 0.15) is 5.56 Å². The summed E-state index contributed by atoms with van der Waals surface area (Å²) in [6.45, 7) is 1.27. The maximum absolute atomic E-state index is 10.2. The summed E-state index contributed by atoms with van der Waals surface area (Å²) in [5.41, 5.74) is 6.85. The number of β-amino-alcohol motifs (C(OH)–C–C–N with tert-alkyl or cyclic N) is 1. The summed E-state index contributed by atoms with van der Waals surface area (Å²) in [5, 5.41) is 10.2. The number of aliphatic hydroxyl groups is 1. The molecule has 2 aromatic rings. The number of nitrogens with two attached hydrogens (primary N) is 1. The van der Waals surface area contributed by atoms with E-state index < -0.39 is 0 Å². The van der Waals surface area contributed by atoms with Gasteiger partial charge in [0.15, 0.2) is 0 Å². The molecule has 2 atom stereocenters. The van der Waals surface area contributed by atoms with Crippen LogP contribution in [0.2, 0.25) is 0 Å². The van der Waals surface area contributed by atoms with Gasteiger partial charge in [0.2, 0.25) is 5.95 Å². The zero-order chi connectivity index (χ0) is 13.9. The molecule has 2 aromatic heterocycles. The molecule has 3 heterocycles. The predicted molar refractivity (Wildman–Crippen MR) is 76.1 cm³/mol. The van der Waals surface area contributed by atoms with Gasteiger partial charge in [0.1, 0.15) is 5.82 Å². The van der Waals surface area contributed by atoms with Gasteiger partial charge in [0.25, 0.3) is 0 Å². The first-order valence-electron chi connectivity index (χ1n) is 6.63. The number of pyridine rings is 1. The third-order valence-electron chi connectivity index (χ3n) is 3.60. The summed E-state index contributed by atoms with van der Waals surface area (Å²) in [6, 6.07) is 5.61. The molecule has 0 radical (unpaired) electrons. The zero-order valence-electron chi connectivity index (χ0n) is 11.1. The van der Waals surface area contributed by atoms with Gasteiger partial charge in [-0.15, -0.1) is 0 Å². The quantitative estimate of drug-likeness (QED) is 0.845. The lowest BCUT2D eigenvalue weighted by Crippen LogP contribution is -2.23. The smallest absolute Gasteiger partial charge is 0.227 e. The third kappa shape index (κ3) is 2.70. The Morgan fingerprint density at radius 3 is 2.75 bits per heavy atom. The summed E-state index contributed by atoms with van der Waals surface area (Å²) >= 11 is 0. The van der Waals surface area contributed by atoms with Crippen molar-refractivity contribution in [2.24, 2.45) is 5.92 Å². The maximum atomic E-state index is 10.2. The lowest BCUT2D eigenvalue weighted by molar-refractivity contribution is 0.148. The molecule has 0 aromatic carbocycles. The van der Waals surface area contributed by atoms with Crippen molar-refractivity contribution >= 4 is 11.8 Å². The number of aliphatic hydroxyl groups excluding tert-OH is 1. The summed E-state index contributed by atoms with van der Waals surface area (Å²) < 4.78 is 0. The number of aromatic nitrogens is 3. The first-order valence-corrected chi connectivity index (χ1v) is 6.63. The molecular formula is C14H17N5O. The SMILES string of the molecule is Nc1ccnc(N2C[C@@H](Cc3ccncc3)[C@@H](O)C2)n1. The van der Waals surface area contributed by atoms with E-state index in [4.69, 9.17) is 5.73 Å². The van der Waals surface area contributed by atoms with Gasteiger partial charge >= 0.3 is 0 Å². The minimum atomic E-state index is -0.381. The fraction of sp³-hybridized carbons (Fsp3) is 0.357. The highest BCUT2D eigenvalue weighted by molar-refractivity contribution is 5.39. The highest BCUT2D eigenvalue weighted by Gasteiger charge is 2.32. The van der Waals surface area contributed by atoms with Gasteiger partial charge in [-0.05, 0) is 30.2 Å². The number of anilines is 2. The van der Waals surface area contributed by atoms with Crippen LogP contribution in [-0.2, 0) is 6.42 Å². The first-order chi connectivity index (χ1) is 9.72. The number of hydrogen-bond acceptors (Lipinski definition) is 6. The minimum Gasteiger partial charge on any atom is -0.391 e. The predicted octanol–water partition coefficient (Wildman–Crippen LogP) is 0.494. The van der Waals surface area contributed by atoms with E-state index in [1.165, 1.54) is 5.56 Å². The Balaban J connectivity index is 1.71. The van der Waals surface area contributed by atoms with Gasteiger partial charge in [0.05, 0.1) is 6.10 Å². The van der Waals surface area contributed by atoms with Crippen LogP contribution >= 0.6 is 0 Å². The van der Waals surface area contributed by atoms with Crippen molar-refractivity contribution in [2.75, 3.05) is 23.7 Å². The molecule has 0 saturated carbocycles. The second kappa shape index (κ2) is 5.42. The van der Waals surface area contributed by atoms with Gasteiger partial charge in [-0.2, -0.15) is 4.98 Å². The Hall–Kier alpha value is -2.21. The Morgan fingerprint density at radius 1 is 1.20 bits per heavy atom. The monoisotopic (exact) mass is 271 g/mol. The molecule has 0 unspecified atom stereocenters. The molecule has 20 heavy (non-hydrogen) atoms. The fourth-order valence-electron chi connectivity index (χ4n) is 2.55. The molecule has 1 fully saturated rings. The van der Waals surface area contributed by atoms with Crippen LogP contribution < -0.4 is 10.6 Å². The van der Waals surface area contributed by atoms with E-state index in [-0.39, 0.29) is 12.0 Å². The average Bonchev–Trinajstić information content (AvgIpc) is 2.81. The molecule has 0 spiro atoms. The van der Waals surface area contributed by atoms with Gasteiger partial charge < -0.3 is 15.7 Å². The molecular weight excluding hydrogens is 254 g/mol. The average molecular weight is 271 g/mol. The Bertz CT molecular complexity index is 577. The Labute approximate surface area is 117 Å². The number of nitrogen functional groups attached to an aromatic ring is 1. The van der Waals surface area contributed by atoms with E-state index in [1.807, 2.05) is 17.0 Å². The Kier molecular flexibility index (Phi) is 3.47. The fourth-order valence-corrected chi connectivity index (χ4v) is 2.55. The molecule has 1 saturated heterocycles. The standard InChI is InChI=1S/C14H17N5O/c15-13-3-6-17-14(18-13)19-8-11(12(20)9-19)7-10-1-4-16-5-2-10/h1-6,11-12,20H,7-9H2,(H2,15,17,18)/t11-,12+/m1/s1. The summed E-state index contributed by atoms with van der Waals surface area (Å²) in [6.07, 6.45) is 5.63. The lowest BCUT2D eigenvalue weighted by atomic mass is 9.97. The van der Waals surface area contributed by atoms with Gasteiger partial charge in [-0.1, -0.05) is 0 Å². The van der Waals surface area contributed by atoms with Crippen molar-refractivity contribution in [1.82, 2.24) is 15.0 Å². The van der Waals surface area contributed by atoms with Crippen LogP contribution in [0.15, 0.2) is 36.8 Å². The maximum Gasteiger partial charge on any atom is 0.227 e. The van der Waals surface area contributed by atoms with Crippen LogP contribution in [0.4, 0.5) is 11.8 Å². The van der Waals surface area contributed by atoms with Crippen LogP contribution in [0.5, 0.6) is 0 Å². The molecule has 1 aliphatic rings. The molecule has 6 heteroatoms. The van der Waals surface area contributed by atoms with E-state index in [9.17, 15) is 5.11 Å². The van der Waals surface area contributed by atoms with E-state index >= 15 is 0 Å². The van der Waals surface area contributed by atoms with Crippen LogP contribution in [0.25, 0.3) is 0 Å². The van der Waals surface area contributed by atoms with E-state index in [0.717, 1.165) is 13.0 Å². The van der Waals surface area contributed by atoms with Crippen molar-refractivity contribution < 1.29 is 5.11 Å². The molecule has 3 N–H and O–H groups in total. The molecule has 3 rings (SSSR count). The second-order valence-corrected chi connectivity index (χ2v) is 5.07. The van der Waals surface area contributed by atoms with Crippen LogP contribution in [-0.4, -0.2) is 39.3 Å². The summed E-state index contributed by atoms with van der Waals surface area (Å²) in [4.78, 5) is 14.4. The van der Waals surface area contributed by atoms with E-state index in [2.05, 4.69) is 15.0 Å². The Morgan fingerprint density at radius 2 is 2.00 bits per heavy atom. The van der Waals surface area contributed by atoms with Crippen molar-refractivity contribution in [3.8, 4) is 0 Å². The van der Waals surface area contributed by atoms with Crippen LogP contribution in [0.3, 0.4) is 0 Å². The number of rotatable bonds is 3. The van der Waals surface area contributed by atoms with Gasteiger partial charge in [-0.3, -0.25) is 4.98 Å². The van der Waals surface area contributed by atoms with E-state index in [0.29, 0.717) is 18.3 Å². The first kappa shape index (κ1) is 12.8. The lowest BCUT2D eigenvalue weighted by Gasteiger charge is -2.15. The molecule has 6 nitrogen and oxygen atoms in total. The number of nitrogens with zero attached hydrogens (tertiary/aromatic N) is 4. The van der Waals surface area contributed by atoms with Crippen molar-refractivity contribution in [3.05, 3.63) is 42.4 Å². The molecule has 0 bridgehead atoms. The topological polar surface area (TPSA) is 88.2 Å². The second-order valence-electron chi connectivity index (χ2n) is 5.07. The zero-order valence-corrected chi connectivity index (χ0v) is 11.1. The van der Waals surface area contributed by atoms with Crippen LogP contribution in [0, 0.1) is 5.92 Å². The molecule has 104 valence electrons. The normalized spacial score (nSPS) is 22.1. The highest BCUT2D eigenvalue weighted by atomic mass is 16.3. The van der Waals surface area contributed by atoms with Gasteiger partial charge in [-0.25, -0.2) is 4.98 Å². The van der Waals surface area contributed by atoms with Crippen molar-refractivity contribution in [3.63, 3.8) is 0 Å². The largest absolute Gasteiger partial charge is 0.391 e. The molecule has 0 amide bonds. The van der Waals surface area contributed by atoms with Crippen molar-refractivity contribution in [1.29, 1.82) is 0 Å². The van der Waals surface area contributed by atoms with Crippen molar-refractivity contribution in [2.45, 2.75) is 12.5 Å². The number of hydrogen-bond donors (Lipinski definition) is 2. The highest BCUT2D eigenvalue weighted by Crippen LogP contribution is 2.24. The summed E-state index contributed by atoms with van der Waals surface area (Å²) in [5.74, 6) is 1.20. The molecule has 1 aliphatic heterocycles. The minimum absolute atomic E-state index is 0.169. The van der Waals surface area contributed by atoms with Gasteiger partial charge in [0, 0.05) is 37.6 Å². The third-order valence-corrected chi connectivity index (χ3v) is 3.60. The summed E-state index contributed by atoms with van der Waals surface area (Å²) in [7, 11) is 0. The molecule has 0 aliphatic carbocycles. The van der Waals surface area contributed by atoms with E-state index in [1.54, 1.807) is 24.7 Å².